The molecular weight excluding hydrogens is 340 g/mol. The minimum Gasteiger partial charge on any atom is -0.393 e. The van der Waals surface area contributed by atoms with E-state index in [4.69, 9.17) is 0 Å². The molecule has 0 bridgehead atoms. The van der Waals surface area contributed by atoms with Crippen molar-refractivity contribution in [3.05, 3.63) is 35.5 Å². The molecule has 3 rings (SSSR count). The van der Waals surface area contributed by atoms with Crippen LogP contribution in [0.3, 0.4) is 0 Å². The monoisotopic (exact) mass is 384 g/mol. The molecule has 0 aromatic carbocycles. The third-order valence-corrected chi connectivity index (χ3v) is 8.35. The number of aliphatic hydroxyl groups excluding tert-OH is 1. The summed E-state index contributed by atoms with van der Waals surface area (Å²) in [5, 5.41) is 10.0. The van der Waals surface area contributed by atoms with Gasteiger partial charge in [-0.15, -0.1) is 0 Å². The minimum atomic E-state index is -0.172. The summed E-state index contributed by atoms with van der Waals surface area (Å²) in [5.74, 6) is 3.37. The summed E-state index contributed by atoms with van der Waals surface area (Å²) in [6.07, 6.45) is 18.2. The maximum absolute atomic E-state index is 10.0. The van der Waals surface area contributed by atoms with Crippen LogP contribution in [0, 0.1) is 29.1 Å². The summed E-state index contributed by atoms with van der Waals surface area (Å²) in [4.78, 5) is 0. The van der Waals surface area contributed by atoms with Crippen LogP contribution in [0.25, 0.3) is 0 Å². The van der Waals surface area contributed by atoms with Crippen LogP contribution in [0.2, 0.25) is 0 Å². The number of allylic oxidation sites excluding steroid dienone is 4. The van der Waals surface area contributed by atoms with E-state index in [9.17, 15) is 5.11 Å². The molecule has 0 aromatic heterocycles. The van der Waals surface area contributed by atoms with Gasteiger partial charge in [-0.2, -0.15) is 0 Å². The molecule has 0 unspecified atom stereocenters. The molecule has 0 radical (unpaired) electrons. The van der Waals surface area contributed by atoms with E-state index in [2.05, 4.69) is 46.4 Å². The highest BCUT2D eigenvalue weighted by Crippen LogP contribution is 2.59. The molecule has 0 aliphatic heterocycles. The highest BCUT2D eigenvalue weighted by Gasteiger charge is 2.50. The van der Waals surface area contributed by atoms with Crippen molar-refractivity contribution in [1.82, 2.24) is 0 Å². The van der Waals surface area contributed by atoms with Crippen LogP contribution in [0.15, 0.2) is 35.5 Å². The van der Waals surface area contributed by atoms with Gasteiger partial charge in [0.15, 0.2) is 0 Å². The quantitative estimate of drug-likeness (QED) is 0.499. The Morgan fingerprint density at radius 1 is 1.11 bits per heavy atom. The third-order valence-electron chi connectivity index (χ3n) is 8.35. The summed E-state index contributed by atoms with van der Waals surface area (Å²) in [6.45, 7) is 14.1. The van der Waals surface area contributed by atoms with Crippen LogP contribution in [-0.2, 0) is 0 Å². The van der Waals surface area contributed by atoms with Gasteiger partial charge < -0.3 is 5.11 Å². The normalized spacial score (nSPS) is 37.6. The number of fused-ring (bicyclic) bond motifs is 1. The van der Waals surface area contributed by atoms with Crippen LogP contribution in [-0.4, -0.2) is 11.2 Å². The van der Waals surface area contributed by atoms with Gasteiger partial charge in [0.25, 0.3) is 0 Å². The lowest BCUT2D eigenvalue weighted by Gasteiger charge is -2.44. The van der Waals surface area contributed by atoms with E-state index >= 15 is 0 Å². The molecule has 1 heteroatoms. The van der Waals surface area contributed by atoms with Gasteiger partial charge >= 0.3 is 0 Å². The van der Waals surface area contributed by atoms with Crippen molar-refractivity contribution in [3.63, 3.8) is 0 Å². The Labute approximate surface area is 174 Å². The molecule has 0 spiro atoms. The van der Waals surface area contributed by atoms with Gasteiger partial charge in [-0.3, -0.25) is 0 Å². The third kappa shape index (κ3) is 4.84. The first kappa shape index (κ1) is 21.9. The Morgan fingerprint density at radius 2 is 1.89 bits per heavy atom. The molecule has 5 atom stereocenters. The molecule has 0 aromatic rings. The lowest BCUT2D eigenvalue weighted by molar-refractivity contribution is 0.0929. The fourth-order valence-electron chi connectivity index (χ4n) is 6.66. The van der Waals surface area contributed by atoms with Gasteiger partial charge in [0.1, 0.15) is 0 Å². The number of hydrogen-bond donors (Lipinski definition) is 1. The number of hydrogen-bond acceptors (Lipinski definition) is 1. The zero-order chi connectivity index (χ0) is 20.3. The Bertz CT molecular complexity index is 610. The molecule has 0 heterocycles. The van der Waals surface area contributed by atoms with Gasteiger partial charge in [-0.25, -0.2) is 0 Å². The Morgan fingerprint density at radius 3 is 2.64 bits per heavy atom. The lowest BCUT2D eigenvalue weighted by Crippen LogP contribution is -2.36. The summed E-state index contributed by atoms with van der Waals surface area (Å²) in [6, 6.07) is 0. The molecule has 3 aliphatic carbocycles. The van der Waals surface area contributed by atoms with Gasteiger partial charge in [-0.1, -0.05) is 76.8 Å². The van der Waals surface area contributed by atoms with E-state index < -0.39 is 0 Å². The van der Waals surface area contributed by atoms with E-state index in [0.29, 0.717) is 5.41 Å². The van der Waals surface area contributed by atoms with Gasteiger partial charge in [0, 0.05) is 0 Å². The van der Waals surface area contributed by atoms with Crippen molar-refractivity contribution in [1.29, 1.82) is 0 Å². The second-order valence-corrected chi connectivity index (χ2v) is 10.8. The first-order valence-corrected chi connectivity index (χ1v) is 12.1. The van der Waals surface area contributed by atoms with Crippen LogP contribution >= 0.6 is 0 Å². The van der Waals surface area contributed by atoms with E-state index in [-0.39, 0.29) is 6.10 Å². The lowest BCUT2D eigenvalue weighted by atomic mass is 9.60. The van der Waals surface area contributed by atoms with Crippen molar-refractivity contribution in [2.75, 3.05) is 0 Å². The summed E-state index contributed by atoms with van der Waals surface area (Å²) >= 11 is 0. The molecule has 1 nitrogen and oxygen atoms in total. The smallest absolute Gasteiger partial charge is 0.0583 e. The number of aliphatic hydroxyl groups is 1. The minimum absolute atomic E-state index is 0.172. The molecule has 0 saturated heterocycles. The number of rotatable bonds is 6. The van der Waals surface area contributed by atoms with E-state index in [1.54, 1.807) is 5.57 Å². The van der Waals surface area contributed by atoms with Crippen LogP contribution < -0.4 is 0 Å². The Kier molecular flexibility index (Phi) is 7.29. The first-order chi connectivity index (χ1) is 13.3. The molecule has 1 N–H and O–H groups in total. The van der Waals surface area contributed by atoms with E-state index in [1.165, 1.54) is 62.5 Å². The summed E-state index contributed by atoms with van der Waals surface area (Å²) in [5.41, 5.74) is 4.72. The van der Waals surface area contributed by atoms with Gasteiger partial charge in [-0.05, 0) is 86.0 Å². The summed E-state index contributed by atoms with van der Waals surface area (Å²) in [7, 11) is 0. The Hall–Kier alpha value is -0.820. The fourth-order valence-corrected chi connectivity index (χ4v) is 6.66. The SMILES string of the molecule is C=C1CC[C@H](O)CC1=CC=C1CCC[C@]2(C)[C@@H]1CC[C@@H]2[C@H](C)CCCC(C)C. The highest BCUT2D eigenvalue weighted by atomic mass is 16.3. The van der Waals surface area contributed by atoms with Crippen molar-refractivity contribution in [2.45, 2.75) is 104 Å². The zero-order valence-electron chi connectivity index (χ0n) is 19.0. The molecule has 28 heavy (non-hydrogen) atoms. The predicted octanol–water partition coefficient (Wildman–Crippen LogP) is 7.62. The topological polar surface area (TPSA) is 20.2 Å². The van der Waals surface area contributed by atoms with Crippen molar-refractivity contribution < 1.29 is 5.11 Å². The first-order valence-electron chi connectivity index (χ1n) is 12.1. The molecule has 0 amide bonds. The summed E-state index contributed by atoms with van der Waals surface area (Å²) < 4.78 is 0. The average Bonchev–Trinajstić information content (AvgIpc) is 2.99. The molecular formula is C27H44O. The molecule has 158 valence electrons. The van der Waals surface area contributed by atoms with Crippen LogP contribution in [0.5, 0.6) is 0 Å². The maximum atomic E-state index is 10.0. The van der Waals surface area contributed by atoms with Crippen molar-refractivity contribution >= 4 is 0 Å². The largest absolute Gasteiger partial charge is 0.393 e. The van der Waals surface area contributed by atoms with Crippen molar-refractivity contribution in [3.8, 4) is 0 Å². The van der Waals surface area contributed by atoms with E-state index in [1.807, 2.05) is 0 Å². The average molecular weight is 385 g/mol. The second kappa shape index (κ2) is 9.33. The Balaban J connectivity index is 1.70. The van der Waals surface area contributed by atoms with Crippen LogP contribution in [0.4, 0.5) is 0 Å². The second-order valence-electron chi connectivity index (χ2n) is 10.8. The van der Waals surface area contributed by atoms with E-state index in [0.717, 1.165) is 42.9 Å². The van der Waals surface area contributed by atoms with Gasteiger partial charge in [0.2, 0.25) is 0 Å². The van der Waals surface area contributed by atoms with Crippen molar-refractivity contribution in [2.24, 2.45) is 29.1 Å². The zero-order valence-corrected chi connectivity index (χ0v) is 19.0. The van der Waals surface area contributed by atoms with Gasteiger partial charge in [0.05, 0.1) is 6.10 Å². The fraction of sp³-hybridized carbons (Fsp3) is 0.778. The highest BCUT2D eigenvalue weighted by molar-refractivity contribution is 5.36. The molecule has 3 fully saturated rings. The maximum Gasteiger partial charge on any atom is 0.0583 e. The molecule has 3 saturated carbocycles. The standard InChI is InChI=1S/C27H44O/c1-19(2)8-6-9-21(4)25-15-16-26-22(10-7-17-27(25,26)5)12-13-23-18-24(28)14-11-20(23)3/h12-13,19,21,24-26,28H,3,6-11,14-18H2,1-2,4-5H3/t21-,24+,25-,26-,27+/m1/s1. The molecule has 3 aliphatic rings. The van der Waals surface area contributed by atoms with Crippen LogP contribution in [0.1, 0.15) is 98.3 Å². The predicted molar refractivity (Wildman–Crippen MR) is 121 cm³/mol.